The van der Waals surface area contributed by atoms with Crippen molar-refractivity contribution in [3.05, 3.63) is 83.4 Å². The number of nitrogens with zero attached hydrogens (tertiary/aromatic N) is 4. The third kappa shape index (κ3) is 5.71. The summed E-state index contributed by atoms with van der Waals surface area (Å²) in [5.41, 5.74) is 6.70. The van der Waals surface area contributed by atoms with E-state index in [9.17, 15) is 9.59 Å². The topological polar surface area (TPSA) is 91.4 Å². The Bertz CT molecular complexity index is 1480. The van der Waals surface area contributed by atoms with Gasteiger partial charge in [0.1, 0.15) is 12.1 Å². The zero-order valence-electron chi connectivity index (χ0n) is 22.9. The lowest BCUT2D eigenvalue weighted by Gasteiger charge is -2.40. The van der Waals surface area contributed by atoms with Gasteiger partial charge in [-0.1, -0.05) is 53.2 Å². The number of nitrogens with one attached hydrogen (secondary N) is 1. The number of benzene rings is 3. The Hall–Kier alpha value is -4.20. The molecule has 2 saturated heterocycles. The highest BCUT2D eigenvalue weighted by molar-refractivity contribution is 5.97. The lowest BCUT2D eigenvalue weighted by molar-refractivity contribution is 0.0544. The molecule has 4 aromatic rings. The molecule has 8 nitrogen and oxygen atoms in total. The average Bonchev–Trinajstić information content (AvgIpc) is 3.48. The van der Waals surface area contributed by atoms with E-state index in [0.717, 1.165) is 74.1 Å². The van der Waals surface area contributed by atoms with Gasteiger partial charge in [0.05, 0.1) is 5.52 Å². The molecule has 8 heteroatoms. The molecule has 206 valence electrons. The summed E-state index contributed by atoms with van der Waals surface area (Å²) in [6, 6.07) is 22.1. The van der Waals surface area contributed by atoms with E-state index >= 15 is 0 Å². The zero-order chi connectivity index (χ0) is 27.5. The van der Waals surface area contributed by atoms with Crippen LogP contribution in [0.15, 0.2) is 66.7 Å². The molecule has 2 amide bonds. The number of fused-ring (bicyclic) bond motifs is 1. The van der Waals surface area contributed by atoms with Gasteiger partial charge in [-0.2, -0.15) is 0 Å². The summed E-state index contributed by atoms with van der Waals surface area (Å²) in [4.78, 5) is 29.7. The van der Waals surface area contributed by atoms with Gasteiger partial charge in [0.2, 0.25) is 0 Å². The van der Waals surface area contributed by atoms with E-state index in [0.29, 0.717) is 22.9 Å². The van der Waals surface area contributed by atoms with Crippen molar-refractivity contribution < 1.29 is 14.3 Å². The van der Waals surface area contributed by atoms with Crippen molar-refractivity contribution in [1.29, 1.82) is 0 Å². The van der Waals surface area contributed by atoms with Crippen LogP contribution in [0.25, 0.3) is 22.2 Å². The van der Waals surface area contributed by atoms with E-state index in [2.05, 4.69) is 58.7 Å². The van der Waals surface area contributed by atoms with Crippen LogP contribution in [-0.4, -0.2) is 63.4 Å². The molecule has 3 heterocycles. The van der Waals surface area contributed by atoms with Crippen molar-refractivity contribution in [3.63, 3.8) is 0 Å². The maximum Gasteiger partial charge on any atom is 0.410 e. The molecule has 1 N–H and O–H groups in total. The Labute approximate surface area is 234 Å². The van der Waals surface area contributed by atoms with Gasteiger partial charge >= 0.3 is 6.09 Å². The van der Waals surface area contributed by atoms with Gasteiger partial charge in [0.15, 0.2) is 0 Å². The number of carbonyl (C=O) groups excluding carboxylic acids is 2. The first-order valence-corrected chi connectivity index (χ1v) is 14.2. The molecule has 1 aromatic heterocycles. The van der Waals surface area contributed by atoms with E-state index in [1.807, 2.05) is 40.1 Å². The quantitative estimate of drug-likeness (QED) is 0.346. The number of piperidine rings is 2. The molecule has 3 aromatic carbocycles. The third-order valence-electron chi connectivity index (χ3n) is 8.54. The number of likely N-dealkylation sites (tertiary alicyclic amines) is 2. The number of aromatic amines is 1. The summed E-state index contributed by atoms with van der Waals surface area (Å²) in [7, 11) is 0. The molecular formula is C32H35N5O3. The van der Waals surface area contributed by atoms with Gasteiger partial charge in [-0.3, -0.25) is 9.89 Å². The smallest absolute Gasteiger partial charge is 0.410 e. The molecule has 2 fully saturated rings. The minimum atomic E-state index is -0.233. The van der Waals surface area contributed by atoms with Crippen molar-refractivity contribution in [2.75, 3.05) is 26.2 Å². The van der Waals surface area contributed by atoms with Crippen LogP contribution in [0.3, 0.4) is 0 Å². The summed E-state index contributed by atoms with van der Waals surface area (Å²) >= 11 is 0. The second-order valence-electron chi connectivity index (χ2n) is 11.1. The van der Waals surface area contributed by atoms with Crippen LogP contribution >= 0.6 is 0 Å². The Morgan fingerprint density at radius 1 is 0.850 bits per heavy atom. The van der Waals surface area contributed by atoms with Gasteiger partial charge < -0.3 is 14.5 Å². The predicted molar refractivity (Wildman–Crippen MR) is 154 cm³/mol. The second kappa shape index (κ2) is 11.5. The number of aryl methyl sites for hydroxylation is 1. The molecule has 0 radical (unpaired) electrons. The third-order valence-corrected chi connectivity index (χ3v) is 8.54. The maximum atomic E-state index is 13.0. The molecule has 0 spiro atoms. The standard InChI is InChI=1S/C32H35N5O3/c1-22-5-7-24(8-6-22)27-4-2-3-23(19-27)21-40-32(39)37-17-13-26(14-18-37)25-11-15-36(16-12-25)31(38)28-9-10-29-30(20-28)34-35-33-29/h2-10,19-20,25-26H,11-18,21H2,1H3,(H,33,34,35). The highest BCUT2D eigenvalue weighted by Crippen LogP contribution is 2.33. The molecule has 0 atom stereocenters. The number of rotatable bonds is 5. The van der Waals surface area contributed by atoms with E-state index in [4.69, 9.17) is 4.74 Å². The first kappa shape index (κ1) is 26.0. The SMILES string of the molecule is Cc1ccc(-c2cccc(COC(=O)N3CCC(C4CCN(C(=O)c5ccc6[nH]nnc6c5)CC4)CC3)c2)cc1. The Balaban J connectivity index is 0.953. The summed E-state index contributed by atoms with van der Waals surface area (Å²) in [5, 5.41) is 10.7. The fraction of sp³-hybridized carbons (Fsp3) is 0.375. The van der Waals surface area contributed by atoms with Crippen molar-refractivity contribution in [1.82, 2.24) is 25.2 Å². The number of H-pyrrole nitrogens is 1. The normalized spacial score (nSPS) is 16.8. The van der Waals surface area contributed by atoms with E-state index in [1.54, 1.807) is 0 Å². The minimum absolute atomic E-state index is 0.0605. The first-order chi connectivity index (χ1) is 19.5. The fourth-order valence-corrected chi connectivity index (χ4v) is 6.11. The lowest BCUT2D eigenvalue weighted by atomic mass is 9.79. The molecule has 0 aliphatic carbocycles. The first-order valence-electron chi connectivity index (χ1n) is 14.2. The zero-order valence-corrected chi connectivity index (χ0v) is 22.9. The maximum absolute atomic E-state index is 13.0. The molecule has 2 aliphatic rings. The molecule has 0 bridgehead atoms. The summed E-state index contributed by atoms with van der Waals surface area (Å²) in [6.45, 7) is 5.34. The van der Waals surface area contributed by atoms with Crippen molar-refractivity contribution >= 4 is 23.0 Å². The largest absolute Gasteiger partial charge is 0.445 e. The molecule has 2 aliphatic heterocycles. The number of ether oxygens (including phenoxy) is 1. The predicted octanol–water partition coefficient (Wildman–Crippen LogP) is 5.83. The van der Waals surface area contributed by atoms with Crippen LogP contribution in [0, 0.1) is 18.8 Å². The number of hydrogen-bond acceptors (Lipinski definition) is 5. The van der Waals surface area contributed by atoms with Crippen LogP contribution in [0.5, 0.6) is 0 Å². The molecular weight excluding hydrogens is 502 g/mol. The van der Waals surface area contributed by atoms with Gasteiger partial charge in [0.25, 0.3) is 5.91 Å². The Kier molecular flexibility index (Phi) is 7.49. The summed E-state index contributed by atoms with van der Waals surface area (Å²) < 4.78 is 5.69. The van der Waals surface area contributed by atoms with Crippen LogP contribution in [0.2, 0.25) is 0 Å². The minimum Gasteiger partial charge on any atom is -0.445 e. The van der Waals surface area contributed by atoms with Gasteiger partial charge in [0, 0.05) is 31.7 Å². The molecule has 0 saturated carbocycles. The van der Waals surface area contributed by atoms with E-state index in [-0.39, 0.29) is 18.6 Å². The van der Waals surface area contributed by atoms with Gasteiger partial charge in [-0.25, -0.2) is 4.79 Å². The Morgan fingerprint density at radius 2 is 1.55 bits per heavy atom. The van der Waals surface area contributed by atoms with Crippen molar-refractivity contribution in [3.8, 4) is 11.1 Å². The number of hydrogen-bond donors (Lipinski definition) is 1. The van der Waals surface area contributed by atoms with Gasteiger partial charge in [-0.15, -0.1) is 5.10 Å². The number of aromatic nitrogens is 3. The second-order valence-corrected chi connectivity index (χ2v) is 11.1. The lowest BCUT2D eigenvalue weighted by Crippen LogP contribution is -2.44. The monoisotopic (exact) mass is 537 g/mol. The van der Waals surface area contributed by atoms with Crippen LogP contribution in [0.1, 0.15) is 47.2 Å². The number of amides is 2. The fourth-order valence-electron chi connectivity index (χ4n) is 6.11. The number of carbonyl (C=O) groups is 2. The molecule has 6 rings (SSSR count). The van der Waals surface area contributed by atoms with Crippen LogP contribution in [0.4, 0.5) is 4.79 Å². The van der Waals surface area contributed by atoms with E-state index < -0.39 is 0 Å². The van der Waals surface area contributed by atoms with Crippen LogP contribution < -0.4 is 0 Å². The average molecular weight is 538 g/mol. The van der Waals surface area contributed by atoms with E-state index in [1.165, 1.54) is 5.56 Å². The molecule has 40 heavy (non-hydrogen) atoms. The van der Waals surface area contributed by atoms with Crippen LogP contribution in [-0.2, 0) is 11.3 Å². The van der Waals surface area contributed by atoms with Gasteiger partial charge in [-0.05, 0) is 85.4 Å². The summed E-state index contributed by atoms with van der Waals surface area (Å²) in [6.07, 6.45) is 3.75. The Morgan fingerprint density at radius 3 is 2.27 bits per heavy atom. The molecule has 0 unspecified atom stereocenters. The van der Waals surface area contributed by atoms with Crippen molar-refractivity contribution in [2.45, 2.75) is 39.2 Å². The highest BCUT2D eigenvalue weighted by Gasteiger charge is 2.32. The highest BCUT2D eigenvalue weighted by atomic mass is 16.6. The summed E-state index contributed by atoms with van der Waals surface area (Å²) in [5.74, 6) is 1.23. The van der Waals surface area contributed by atoms with Crippen molar-refractivity contribution in [2.24, 2.45) is 11.8 Å².